The second-order valence-corrected chi connectivity index (χ2v) is 5.79. The van der Waals surface area contributed by atoms with Crippen LogP contribution in [-0.4, -0.2) is 29.7 Å². The molecule has 1 aromatic rings. The van der Waals surface area contributed by atoms with Gasteiger partial charge in [-0.1, -0.05) is 6.92 Å². The molecule has 0 spiro atoms. The molecule has 0 aromatic carbocycles. The first-order chi connectivity index (χ1) is 9.26. The first kappa shape index (κ1) is 12.9. The van der Waals surface area contributed by atoms with Crippen LogP contribution < -0.4 is 10.2 Å². The number of rotatable bonds is 4. The van der Waals surface area contributed by atoms with Crippen molar-refractivity contribution in [1.82, 2.24) is 10.3 Å². The van der Waals surface area contributed by atoms with Crippen molar-refractivity contribution in [3.8, 4) is 0 Å². The highest BCUT2D eigenvalue weighted by Gasteiger charge is 2.36. The van der Waals surface area contributed by atoms with Crippen LogP contribution in [0.4, 0.5) is 10.2 Å². The lowest BCUT2D eigenvalue weighted by molar-refractivity contribution is 0.345. The molecule has 3 heterocycles. The van der Waals surface area contributed by atoms with E-state index in [-0.39, 0.29) is 5.82 Å². The first-order valence-corrected chi connectivity index (χ1v) is 7.40. The van der Waals surface area contributed by atoms with Gasteiger partial charge >= 0.3 is 0 Å². The Balaban J connectivity index is 1.78. The maximum atomic E-state index is 13.0. The number of pyridine rings is 1. The molecule has 1 aromatic heterocycles. The third-order valence-electron chi connectivity index (χ3n) is 4.36. The number of piperidine rings is 1. The van der Waals surface area contributed by atoms with Gasteiger partial charge in [0.25, 0.3) is 0 Å². The summed E-state index contributed by atoms with van der Waals surface area (Å²) in [5.74, 6) is 0.667. The quantitative estimate of drug-likeness (QED) is 0.905. The number of hydrogen-bond donors (Lipinski definition) is 1. The standard InChI is InChI=1S/C15H22FN3/c1-2-7-19(15-6-3-11(16)10-17-15)14-8-12-4-5-13(9-14)18-12/h3,6,10,12-14,18H,2,4-5,7-9H2,1H3. The van der Waals surface area contributed by atoms with Crippen molar-refractivity contribution >= 4 is 5.82 Å². The summed E-state index contributed by atoms with van der Waals surface area (Å²) >= 11 is 0. The fourth-order valence-electron chi connectivity index (χ4n) is 3.54. The Morgan fingerprint density at radius 1 is 1.32 bits per heavy atom. The highest BCUT2D eigenvalue weighted by molar-refractivity contribution is 5.40. The molecule has 2 unspecified atom stereocenters. The molecule has 4 heteroatoms. The summed E-state index contributed by atoms with van der Waals surface area (Å²) in [5, 5.41) is 3.67. The van der Waals surface area contributed by atoms with E-state index in [1.165, 1.54) is 37.9 Å². The van der Waals surface area contributed by atoms with Gasteiger partial charge in [-0.2, -0.15) is 0 Å². The van der Waals surface area contributed by atoms with Crippen molar-refractivity contribution in [1.29, 1.82) is 0 Å². The normalized spacial score (nSPS) is 29.5. The van der Waals surface area contributed by atoms with Gasteiger partial charge in [0.1, 0.15) is 11.6 Å². The maximum Gasteiger partial charge on any atom is 0.141 e. The highest BCUT2D eigenvalue weighted by Crippen LogP contribution is 2.31. The minimum Gasteiger partial charge on any atom is -0.354 e. The van der Waals surface area contributed by atoms with Crippen LogP contribution in [0.2, 0.25) is 0 Å². The Labute approximate surface area is 114 Å². The highest BCUT2D eigenvalue weighted by atomic mass is 19.1. The summed E-state index contributed by atoms with van der Waals surface area (Å²) in [6.45, 7) is 3.19. The molecular formula is C15H22FN3. The third kappa shape index (κ3) is 2.73. The molecule has 2 atom stereocenters. The van der Waals surface area contributed by atoms with Gasteiger partial charge in [0, 0.05) is 24.7 Å². The number of nitrogens with zero attached hydrogens (tertiary/aromatic N) is 2. The van der Waals surface area contributed by atoms with Crippen LogP contribution in [0.25, 0.3) is 0 Å². The van der Waals surface area contributed by atoms with Crippen molar-refractivity contribution in [2.45, 2.75) is 57.2 Å². The molecule has 0 saturated carbocycles. The molecule has 2 bridgehead atoms. The Bertz CT molecular complexity index is 408. The number of nitrogens with one attached hydrogen (secondary N) is 1. The van der Waals surface area contributed by atoms with E-state index in [0.29, 0.717) is 18.1 Å². The van der Waals surface area contributed by atoms with Crippen molar-refractivity contribution in [3.63, 3.8) is 0 Å². The van der Waals surface area contributed by atoms with E-state index < -0.39 is 0 Å². The number of anilines is 1. The average molecular weight is 263 g/mol. The van der Waals surface area contributed by atoms with Crippen molar-refractivity contribution in [2.24, 2.45) is 0 Å². The summed E-state index contributed by atoms with van der Waals surface area (Å²) in [6.07, 6.45) is 7.41. The molecule has 2 saturated heterocycles. The minimum absolute atomic E-state index is 0.259. The van der Waals surface area contributed by atoms with Crippen LogP contribution in [0.1, 0.15) is 39.0 Å². The Morgan fingerprint density at radius 2 is 2.05 bits per heavy atom. The zero-order chi connectivity index (χ0) is 13.2. The summed E-state index contributed by atoms with van der Waals surface area (Å²) in [4.78, 5) is 6.65. The zero-order valence-corrected chi connectivity index (χ0v) is 11.5. The van der Waals surface area contributed by atoms with E-state index >= 15 is 0 Å². The van der Waals surface area contributed by atoms with E-state index in [1.807, 2.05) is 6.07 Å². The summed E-state index contributed by atoms with van der Waals surface area (Å²) in [6, 6.07) is 5.22. The first-order valence-electron chi connectivity index (χ1n) is 7.40. The van der Waals surface area contributed by atoms with E-state index in [9.17, 15) is 4.39 Å². The lowest BCUT2D eigenvalue weighted by Gasteiger charge is -2.38. The van der Waals surface area contributed by atoms with Gasteiger partial charge in [0.15, 0.2) is 0 Å². The largest absolute Gasteiger partial charge is 0.354 e. The summed E-state index contributed by atoms with van der Waals surface area (Å²) < 4.78 is 13.0. The summed E-state index contributed by atoms with van der Waals surface area (Å²) in [5.41, 5.74) is 0. The molecule has 0 aliphatic carbocycles. The van der Waals surface area contributed by atoms with Crippen molar-refractivity contribution < 1.29 is 4.39 Å². The third-order valence-corrected chi connectivity index (χ3v) is 4.36. The molecule has 0 radical (unpaired) electrons. The van der Waals surface area contributed by atoms with Crippen molar-refractivity contribution in [3.05, 3.63) is 24.1 Å². The summed E-state index contributed by atoms with van der Waals surface area (Å²) in [7, 11) is 0. The van der Waals surface area contributed by atoms with Gasteiger partial charge in [-0.25, -0.2) is 9.37 Å². The Morgan fingerprint density at radius 3 is 2.63 bits per heavy atom. The predicted molar refractivity (Wildman–Crippen MR) is 74.8 cm³/mol. The van der Waals surface area contributed by atoms with Gasteiger partial charge in [-0.15, -0.1) is 0 Å². The molecule has 3 rings (SSSR count). The fraction of sp³-hybridized carbons (Fsp3) is 0.667. The Kier molecular flexibility index (Phi) is 3.69. The molecule has 2 aliphatic heterocycles. The molecule has 0 amide bonds. The lowest BCUT2D eigenvalue weighted by atomic mass is 9.98. The topological polar surface area (TPSA) is 28.2 Å². The molecule has 19 heavy (non-hydrogen) atoms. The van der Waals surface area contributed by atoms with Crippen LogP contribution in [0.15, 0.2) is 18.3 Å². The van der Waals surface area contributed by atoms with E-state index in [0.717, 1.165) is 18.8 Å². The SMILES string of the molecule is CCCN(c1ccc(F)cn1)C1CC2CCC(C1)N2. The van der Waals surface area contributed by atoms with Gasteiger partial charge in [0.2, 0.25) is 0 Å². The van der Waals surface area contributed by atoms with Gasteiger partial charge in [-0.3, -0.25) is 0 Å². The monoisotopic (exact) mass is 263 g/mol. The van der Waals surface area contributed by atoms with Gasteiger partial charge in [0.05, 0.1) is 6.20 Å². The van der Waals surface area contributed by atoms with Gasteiger partial charge < -0.3 is 10.2 Å². The van der Waals surface area contributed by atoms with Crippen molar-refractivity contribution in [2.75, 3.05) is 11.4 Å². The predicted octanol–water partition coefficient (Wildman–Crippen LogP) is 2.72. The number of aromatic nitrogens is 1. The smallest absolute Gasteiger partial charge is 0.141 e. The maximum absolute atomic E-state index is 13.0. The molecular weight excluding hydrogens is 241 g/mol. The van der Waals surface area contributed by atoms with Crippen LogP contribution in [-0.2, 0) is 0 Å². The second-order valence-electron chi connectivity index (χ2n) is 5.79. The molecule has 104 valence electrons. The van der Waals surface area contributed by atoms with E-state index in [4.69, 9.17) is 0 Å². The van der Waals surface area contributed by atoms with E-state index in [1.54, 1.807) is 0 Å². The number of halogens is 1. The van der Waals surface area contributed by atoms with Crippen LogP contribution in [0.5, 0.6) is 0 Å². The zero-order valence-electron chi connectivity index (χ0n) is 11.5. The number of fused-ring (bicyclic) bond motifs is 2. The Hall–Kier alpha value is -1.16. The fourth-order valence-corrected chi connectivity index (χ4v) is 3.54. The second kappa shape index (κ2) is 5.45. The molecule has 1 N–H and O–H groups in total. The van der Waals surface area contributed by atoms with Crippen LogP contribution >= 0.6 is 0 Å². The van der Waals surface area contributed by atoms with E-state index in [2.05, 4.69) is 22.1 Å². The van der Waals surface area contributed by atoms with Crippen LogP contribution in [0.3, 0.4) is 0 Å². The van der Waals surface area contributed by atoms with Crippen LogP contribution in [0, 0.1) is 5.82 Å². The molecule has 3 nitrogen and oxygen atoms in total. The molecule has 2 fully saturated rings. The lowest BCUT2D eigenvalue weighted by Crippen LogP contribution is -2.48. The number of hydrogen-bond acceptors (Lipinski definition) is 3. The average Bonchev–Trinajstić information content (AvgIpc) is 2.76. The van der Waals surface area contributed by atoms with Gasteiger partial charge in [-0.05, 0) is 44.2 Å². The minimum atomic E-state index is -0.259. The molecule has 2 aliphatic rings.